The molecule has 6 aromatic heterocycles. The average Bonchev–Trinajstić information content (AvgIpc) is 1.96. The Kier molecular flexibility index (Phi) is 25.0. The Morgan fingerprint density at radius 2 is 0.906 bits per heavy atom. The summed E-state index contributed by atoms with van der Waals surface area (Å²) < 4.78 is 43.9. The number of hydrogen-bond donors (Lipinski definition) is 0. The van der Waals surface area contributed by atoms with Crippen LogP contribution in [0.5, 0.6) is 11.5 Å². The van der Waals surface area contributed by atoms with Gasteiger partial charge in [-0.25, -0.2) is 19.3 Å². The van der Waals surface area contributed by atoms with Crippen LogP contribution in [0.25, 0.3) is 63.3 Å². The van der Waals surface area contributed by atoms with Gasteiger partial charge in [0.1, 0.15) is 49.8 Å². The van der Waals surface area contributed by atoms with Crippen molar-refractivity contribution in [2.75, 3.05) is 40.6 Å². The Labute approximate surface area is 514 Å². The van der Waals surface area contributed by atoms with E-state index in [1.54, 1.807) is 44.9 Å². The molecule has 0 aliphatic heterocycles. The maximum atomic E-state index is 11.3. The minimum atomic E-state index is -1.24. The van der Waals surface area contributed by atoms with E-state index in [2.05, 4.69) is 120 Å². The van der Waals surface area contributed by atoms with Crippen LogP contribution in [-0.4, -0.2) is 134 Å². The third kappa shape index (κ3) is 21.9. The van der Waals surface area contributed by atoms with Gasteiger partial charge in [-0.05, 0) is 82.1 Å². The summed E-state index contributed by atoms with van der Waals surface area (Å²) in [5.74, 6) is 2.99. The summed E-state index contributed by atoms with van der Waals surface area (Å²) in [7, 11) is -1.42. The predicted molar refractivity (Wildman–Crippen MR) is 357 cm³/mol. The molecule has 0 aliphatic rings. The second kappa shape index (κ2) is 31.4. The van der Waals surface area contributed by atoms with E-state index in [0.717, 1.165) is 116 Å². The van der Waals surface area contributed by atoms with Gasteiger partial charge in [-0.3, -0.25) is 28.7 Å². The first-order valence-electron chi connectivity index (χ1n) is 28.6. The summed E-state index contributed by atoms with van der Waals surface area (Å²) in [6, 6.07) is 19.6. The molecule has 0 aliphatic carbocycles. The largest absolute Gasteiger partial charge is 0.497 e. The van der Waals surface area contributed by atoms with Gasteiger partial charge < -0.3 is 28.4 Å². The van der Waals surface area contributed by atoms with Crippen molar-refractivity contribution in [2.45, 2.75) is 130 Å². The number of hydrogen-bond acceptors (Lipinski definition) is 14. The molecule has 0 saturated carbocycles. The standard InChI is InChI=1S/C31H43N5O4Si2.C25H40N4O3Si2.C6H4BrNO/c1-38-27-10-11-28-29(17-27)36(23-40-13-15-42(5,6)7)31(33-28)30-26(9-8-24-16-25(21-37)19-32-18-24)20-35(34-30)22-39-12-14-41(2,3)4;1-9-20-17-28(18-31-12-14-33(3,4)5)27-24(20)25-26-22-11-10-21(30-2)16-23(22)29(25)19-32-13-15-34(6,7)8;7-6-1-5(4-9)2-8-3-6/h8-11,16-21H,12-15,22-23H2,1-7H3;9-11,16-17H,1,12-15,18-19H2,2-8H3;1-4H/b9-8+;;. The number of imidazole rings is 2. The third-order valence-corrected chi connectivity index (χ3v) is 20.5. The molecule has 8 aromatic rings. The van der Waals surface area contributed by atoms with E-state index in [4.69, 9.17) is 48.6 Å². The summed E-state index contributed by atoms with van der Waals surface area (Å²) in [5.41, 5.74) is 8.77. The van der Waals surface area contributed by atoms with Gasteiger partial charge in [-0.15, -0.1) is 0 Å². The van der Waals surface area contributed by atoms with Crippen LogP contribution in [0.1, 0.15) is 37.4 Å². The number of benzene rings is 2. The molecule has 0 amide bonds. The van der Waals surface area contributed by atoms with Gasteiger partial charge in [0.05, 0.1) is 36.3 Å². The van der Waals surface area contributed by atoms with Crippen molar-refractivity contribution in [3.05, 3.63) is 125 Å². The van der Waals surface area contributed by atoms with Gasteiger partial charge in [0, 0.05) is 135 Å². The van der Waals surface area contributed by atoms with Gasteiger partial charge >= 0.3 is 0 Å². The first-order valence-corrected chi connectivity index (χ1v) is 44.2. The summed E-state index contributed by atoms with van der Waals surface area (Å²) in [5, 5.41) is 9.76. The van der Waals surface area contributed by atoms with E-state index in [1.165, 1.54) is 6.20 Å². The lowest BCUT2D eigenvalue weighted by molar-refractivity contribution is 0.0785. The fraction of sp³-hybridized carbons (Fsp3) is 0.419. The topological polar surface area (TPSA) is 187 Å². The molecule has 0 bridgehead atoms. The number of carbonyl (C=O) groups is 2. The summed E-state index contributed by atoms with van der Waals surface area (Å²) >= 11 is 3.18. The minimum Gasteiger partial charge on any atom is -0.497 e. The van der Waals surface area contributed by atoms with Crippen LogP contribution >= 0.6 is 15.9 Å². The fourth-order valence-electron chi connectivity index (χ4n) is 8.16. The van der Waals surface area contributed by atoms with Crippen molar-refractivity contribution in [1.29, 1.82) is 0 Å². The highest BCUT2D eigenvalue weighted by Gasteiger charge is 2.23. The number of rotatable bonds is 29. The van der Waals surface area contributed by atoms with Crippen molar-refractivity contribution in [3.63, 3.8) is 0 Å². The molecule has 8 rings (SSSR count). The van der Waals surface area contributed by atoms with Crippen LogP contribution in [0.15, 0.2) is 96.8 Å². The number of aldehydes is 2. The first kappa shape index (κ1) is 67.8. The molecule has 85 heavy (non-hydrogen) atoms. The van der Waals surface area contributed by atoms with Gasteiger partial charge in [-0.1, -0.05) is 103 Å². The van der Waals surface area contributed by atoms with Gasteiger partial charge in [0.25, 0.3) is 0 Å². The number of nitrogens with zero attached hydrogens (tertiary/aromatic N) is 10. The zero-order valence-corrected chi connectivity index (χ0v) is 57.9. The molecule has 0 spiro atoms. The molecule has 23 heteroatoms. The second-order valence-corrected chi connectivity index (χ2v) is 48.9. The van der Waals surface area contributed by atoms with Crippen LogP contribution in [0.4, 0.5) is 0 Å². The number of fused-ring (bicyclic) bond motifs is 2. The molecule has 456 valence electrons. The maximum Gasteiger partial charge on any atom is 0.164 e. The highest BCUT2D eigenvalue weighted by Crippen LogP contribution is 2.32. The molecule has 0 saturated heterocycles. The molecule has 0 radical (unpaired) electrons. The van der Waals surface area contributed by atoms with E-state index in [1.807, 2.05) is 76.4 Å². The van der Waals surface area contributed by atoms with Crippen molar-refractivity contribution < 1.29 is 38.0 Å². The smallest absolute Gasteiger partial charge is 0.164 e. The zero-order chi connectivity index (χ0) is 62.0. The van der Waals surface area contributed by atoms with E-state index >= 15 is 0 Å². The first-order chi connectivity index (χ1) is 40.3. The number of aromatic nitrogens is 10. The lowest BCUT2D eigenvalue weighted by Crippen LogP contribution is -2.22. The fourth-order valence-corrected chi connectivity index (χ4v) is 11.6. The highest BCUT2D eigenvalue weighted by atomic mass is 79.9. The van der Waals surface area contributed by atoms with Crippen molar-refractivity contribution >= 4 is 101 Å². The molecule has 0 unspecified atom stereocenters. The van der Waals surface area contributed by atoms with Gasteiger partial charge in [0.15, 0.2) is 24.2 Å². The van der Waals surface area contributed by atoms with Crippen LogP contribution < -0.4 is 9.47 Å². The second-order valence-electron chi connectivity index (χ2n) is 25.5. The lowest BCUT2D eigenvalue weighted by Gasteiger charge is -2.16. The molecule has 0 atom stereocenters. The van der Waals surface area contributed by atoms with Crippen LogP contribution in [-0.2, 0) is 45.9 Å². The van der Waals surface area contributed by atoms with Crippen LogP contribution in [0.2, 0.25) is 103 Å². The molecule has 2 aromatic carbocycles. The average molecular weight is 1290 g/mol. The quantitative estimate of drug-likeness (QED) is 0.0245. The number of halogens is 1. The van der Waals surface area contributed by atoms with Crippen molar-refractivity contribution in [3.8, 4) is 34.5 Å². The number of pyridine rings is 2. The summed E-state index contributed by atoms with van der Waals surface area (Å²) in [6.45, 7) is 36.5. The highest BCUT2D eigenvalue weighted by molar-refractivity contribution is 9.10. The van der Waals surface area contributed by atoms with E-state index in [-0.39, 0.29) is 0 Å². The maximum absolute atomic E-state index is 11.3. The Bertz CT molecular complexity index is 3500. The van der Waals surface area contributed by atoms with E-state index < -0.39 is 32.3 Å². The minimum absolute atomic E-state index is 0.342. The van der Waals surface area contributed by atoms with Crippen molar-refractivity contribution in [2.24, 2.45) is 0 Å². The zero-order valence-electron chi connectivity index (χ0n) is 52.3. The van der Waals surface area contributed by atoms with E-state index in [9.17, 15) is 9.59 Å². The summed E-state index contributed by atoms with van der Waals surface area (Å²) in [6.07, 6.45) is 17.6. The molecule has 0 fully saturated rings. The lowest BCUT2D eigenvalue weighted by atomic mass is 10.1. The Morgan fingerprint density at radius 3 is 1.31 bits per heavy atom. The normalized spacial score (nSPS) is 12.1. The monoisotopic (exact) mass is 1290 g/mol. The van der Waals surface area contributed by atoms with Crippen molar-refractivity contribution in [1.82, 2.24) is 48.6 Å². The molecule has 0 N–H and O–H groups in total. The number of methoxy groups -OCH3 is 2. The Hall–Kier alpha value is -6.29. The number of ether oxygens (including phenoxy) is 6. The van der Waals surface area contributed by atoms with Gasteiger partial charge in [0.2, 0.25) is 0 Å². The van der Waals surface area contributed by atoms with E-state index in [0.29, 0.717) is 62.8 Å². The molecular formula is C62H87BrN10O8Si4. The predicted octanol–water partition coefficient (Wildman–Crippen LogP) is 14.7. The number of carbonyl (C=O) groups excluding carboxylic acids is 2. The summed E-state index contributed by atoms with van der Waals surface area (Å²) in [4.78, 5) is 39.2. The Balaban J connectivity index is 0.000000241. The third-order valence-electron chi connectivity index (χ3n) is 13.2. The van der Waals surface area contributed by atoms with Crippen LogP contribution in [0, 0.1) is 0 Å². The van der Waals surface area contributed by atoms with Crippen LogP contribution in [0.3, 0.4) is 0 Å². The Morgan fingerprint density at radius 1 is 0.506 bits per heavy atom. The molecular weight excluding hydrogens is 1200 g/mol. The molecule has 18 nitrogen and oxygen atoms in total. The molecule has 6 heterocycles. The SMILES string of the molecule is C=Cc1cn(COCC[Si](C)(C)C)nc1-c1nc2ccc(OC)cc2n1COCC[Si](C)(C)C.COc1ccc2nc(-c3nn(COCC[Si](C)(C)C)cc3/C=C/c3cncc(C=O)c3)n(COCC[Si](C)(C)C)c2c1.O=Cc1cncc(Br)c1. The van der Waals surface area contributed by atoms with Gasteiger partial charge in [-0.2, -0.15) is 10.2 Å².